The Morgan fingerprint density at radius 2 is 1.21 bits per heavy atom. The van der Waals surface area contributed by atoms with Crippen molar-refractivity contribution in [1.82, 2.24) is 0 Å². The highest BCUT2D eigenvalue weighted by molar-refractivity contribution is 5.15. The van der Waals surface area contributed by atoms with Gasteiger partial charge in [-0.25, -0.2) is 0 Å². The monoisotopic (exact) mass is 264 g/mol. The zero-order valence-electron chi connectivity index (χ0n) is 11.4. The normalized spacial score (nSPS) is 22.8. The number of ether oxygens (including phenoxy) is 2. The lowest BCUT2D eigenvalue weighted by atomic mass is 10.1. The molecule has 0 aliphatic carbocycles. The van der Waals surface area contributed by atoms with Crippen molar-refractivity contribution in [2.45, 2.75) is 6.17 Å². The summed E-state index contributed by atoms with van der Waals surface area (Å²) < 4.78 is 11.0. The number of quaternary nitrogens is 2. The van der Waals surface area contributed by atoms with Gasteiger partial charge < -0.3 is 9.47 Å². The van der Waals surface area contributed by atoms with Crippen molar-refractivity contribution in [3.05, 3.63) is 35.9 Å². The molecule has 2 aliphatic heterocycles. The maximum Gasteiger partial charge on any atom is 0.240 e. The highest BCUT2D eigenvalue weighted by Crippen LogP contribution is 2.04. The first-order valence-electron chi connectivity index (χ1n) is 7.35. The summed E-state index contributed by atoms with van der Waals surface area (Å²) in [6.45, 7) is 8.03. The summed E-state index contributed by atoms with van der Waals surface area (Å²) in [5, 5.41) is 0. The van der Waals surface area contributed by atoms with Crippen molar-refractivity contribution >= 4 is 0 Å². The molecule has 2 fully saturated rings. The predicted octanol–water partition coefficient (Wildman–Crippen LogP) is -1.48. The number of nitrogens with one attached hydrogen (secondary N) is 2. The van der Waals surface area contributed by atoms with Gasteiger partial charge in [0.1, 0.15) is 26.2 Å². The van der Waals surface area contributed by atoms with Crippen LogP contribution in [-0.2, 0) is 9.47 Å². The lowest BCUT2D eigenvalue weighted by molar-refractivity contribution is -1.14. The van der Waals surface area contributed by atoms with E-state index in [2.05, 4.69) is 30.3 Å². The number of hydrogen-bond donors (Lipinski definition) is 2. The summed E-state index contributed by atoms with van der Waals surface area (Å²) in [4.78, 5) is 3.32. The Morgan fingerprint density at radius 1 is 0.737 bits per heavy atom. The van der Waals surface area contributed by atoms with Gasteiger partial charge in [0.2, 0.25) is 6.17 Å². The minimum absolute atomic E-state index is 0.536. The van der Waals surface area contributed by atoms with Crippen LogP contribution in [0.25, 0.3) is 0 Å². The van der Waals surface area contributed by atoms with Gasteiger partial charge in [-0.15, -0.1) is 0 Å². The van der Waals surface area contributed by atoms with E-state index in [1.165, 1.54) is 5.56 Å². The molecule has 0 atom stereocenters. The van der Waals surface area contributed by atoms with Crippen molar-refractivity contribution in [3.63, 3.8) is 0 Å². The Kier molecular flexibility index (Phi) is 4.45. The average molecular weight is 264 g/mol. The van der Waals surface area contributed by atoms with Crippen LogP contribution in [0.4, 0.5) is 0 Å². The van der Waals surface area contributed by atoms with Crippen LogP contribution in [0, 0.1) is 0 Å². The van der Waals surface area contributed by atoms with E-state index in [9.17, 15) is 0 Å². The van der Waals surface area contributed by atoms with Crippen LogP contribution in [0.2, 0.25) is 0 Å². The van der Waals surface area contributed by atoms with Gasteiger partial charge in [0.25, 0.3) is 0 Å². The van der Waals surface area contributed by atoms with E-state index in [0.29, 0.717) is 6.17 Å². The van der Waals surface area contributed by atoms with Crippen LogP contribution in [-0.4, -0.2) is 52.6 Å². The molecular weight excluding hydrogens is 240 g/mol. The molecule has 2 heterocycles. The predicted molar refractivity (Wildman–Crippen MR) is 72.2 cm³/mol. The van der Waals surface area contributed by atoms with E-state index in [-0.39, 0.29) is 0 Å². The zero-order valence-corrected chi connectivity index (χ0v) is 11.4. The molecule has 2 N–H and O–H groups in total. The molecule has 2 aliphatic rings. The van der Waals surface area contributed by atoms with Gasteiger partial charge in [0.15, 0.2) is 0 Å². The molecule has 4 nitrogen and oxygen atoms in total. The third-order valence-corrected chi connectivity index (χ3v) is 4.22. The van der Waals surface area contributed by atoms with Gasteiger partial charge in [0.05, 0.1) is 32.0 Å². The maximum atomic E-state index is 5.52. The van der Waals surface area contributed by atoms with E-state index in [4.69, 9.17) is 9.47 Å². The highest BCUT2D eigenvalue weighted by atomic mass is 16.5. The van der Waals surface area contributed by atoms with E-state index in [0.717, 1.165) is 52.6 Å². The molecule has 1 aromatic rings. The van der Waals surface area contributed by atoms with Gasteiger partial charge in [-0.3, -0.25) is 9.80 Å². The number of benzene rings is 1. The molecule has 0 unspecified atom stereocenters. The van der Waals surface area contributed by atoms with Crippen molar-refractivity contribution in [3.8, 4) is 0 Å². The zero-order chi connectivity index (χ0) is 12.9. The maximum absolute atomic E-state index is 5.52. The fourth-order valence-corrected chi connectivity index (χ4v) is 3.25. The quantitative estimate of drug-likeness (QED) is 0.696. The second-order valence-electron chi connectivity index (χ2n) is 5.38. The number of morpholine rings is 2. The minimum Gasteiger partial charge on any atom is -0.370 e. The third-order valence-electron chi connectivity index (χ3n) is 4.22. The van der Waals surface area contributed by atoms with Crippen LogP contribution in [0.5, 0.6) is 0 Å². The summed E-state index contributed by atoms with van der Waals surface area (Å²) in [7, 11) is 0. The second-order valence-corrected chi connectivity index (χ2v) is 5.38. The van der Waals surface area contributed by atoms with Gasteiger partial charge in [-0.05, 0) is 12.1 Å². The SMILES string of the molecule is c1ccc(C([NH+]2CCOCC2)[NH+]2CCOCC2)cc1. The average Bonchev–Trinajstić information content (AvgIpc) is 2.51. The summed E-state index contributed by atoms with van der Waals surface area (Å²) in [5.41, 5.74) is 1.45. The van der Waals surface area contributed by atoms with Crippen molar-refractivity contribution in [1.29, 1.82) is 0 Å². The van der Waals surface area contributed by atoms with Crippen molar-refractivity contribution < 1.29 is 19.3 Å². The molecule has 4 heteroatoms. The molecule has 0 radical (unpaired) electrons. The van der Waals surface area contributed by atoms with Gasteiger partial charge in [-0.2, -0.15) is 0 Å². The lowest BCUT2D eigenvalue weighted by Crippen LogP contribution is -3.32. The van der Waals surface area contributed by atoms with Crippen LogP contribution in [0.1, 0.15) is 11.7 Å². The van der Waals surface area contributed by atoms with E-state index >= 15 is 0 Å². The fourth-order valence-electron chi connectivity index (χ4n) is 3.25. The van der Waals surface area contributed by atoms with Crippen molar-refractivity contribution in [2.24, 2.45) is 0 Å². The molecule has 104 valence electrons. The molecule has 0 amide bonds. The number of hydrogen-bond acceptors (Lipinski definition) is 2. The first-order chi connectivity index (χ1) is 9.45. The van der Waals surface area contributed by atoms with Crippen molar-refractivity contribution in [2.75, 3.05) is 52.6 Å². The second kappa shape index (κ2) is 6.48. The first kappa shape index (κ1) is 13.1. The Bertz CT molecular complexity index is 355. The smallest absolute Gasteiger partial charge is 0.240 e. The van der Waals surface area contributed by atoms with Gasteiger partial charge in [0, 0.05) is 0 Å². The van der Waals surface area contributed by atoms with Crippen LogP contribution in [0.15, 0.2) is 30.3 Å². The van der Waals surface area contributed by atoms with E-state index in [1.807, 2.05) is 0 Å². The third kappa shape index (κ3) is 3.15. The molecule has 0 aromatic heterocycles. The van der Waals surface area contributed by atoms with Crippen LogP contribution in [0.3, 0.4) is 0 Å². The molecule has 2 saturated heterocycles. The summed E-state index contributed by atoms with van der Waals surface area (Å²) in [5.74, 6) is 0. The molecular formula is C15H24N2O2+2. The van der Waals surface area contributed by atoms with E-state index in [1.54, 1.807) is 9.80 Å². The molecule has 19 heavy (non-hydrogen) atoms. The fraction of sp³-hybridized carbons (Fsp3) is 0.600. The number of rotatable bonds is 3. The Labute approximate surface area is 114 Å². The van der Waals surface area contributed by atoms with Crippen LogP contribution >= 0.6 is 0 Å². The highest BCUT2D eigenvalue weighted by Gasteiger charge is 2.35. The topological polar surface area (TPSA) is 27.3 Å². The summed E-state index contributed by atoms with van der Waals surface area (Å²) >= 11 is 0. The first-order valence-corrected chi connectivity index (χ1v) is 7.35. The molecule has 3 rings (SSSR count). The van der Waals surface area contributed by atoms with E-state index < -0.39 is 0 Å². The molecule has 0 saturated carbocycles. The Balaban J connectivity index is 1.81. The molecule has 0 spiro atoms. The van der Waals surface area contributed by atoms with Gasteiger partial charge in [-0.1, -0.05) is 18.2 Å². The minimum atomic E-state index is 0.536. The lowest BCUT2D eigenvalue weighted by Gasteiger charge is -2.37. The van der Waals surface area contributed by atoms with Crippen LogP contribution < -0.4 is 9.80 Å². The van der Waals surface area contributed by atoms with Gasteiger partial charge >= 0.3 is 0 Å². The molecule has 1 aromatic carbocycles. The molecule has 0 bridgehead atoms. The Hall–Kier alpha value is -0.940. The Morgan fingerprint density at radius 3 is 1.68 bits per heavy atom. The summed E-state index contributed by atoms with van der Waals surface area (Å²) in [6, 6.07) is 11.0. The summed E-state index contributed by atoms with van der Waals surface area (Å²) in [6.07, 6.45) is 0.536. The largest absolute Gasteiger partial charge is 0.370 e. The standard InChI is InChI=1S/C15H22N2O2/c1-2-4-14(5-3-1)15(16-6-10-18-11-7-16)17-8-12-19-13-9-17/h1-5,15H,6-13H2/p+2.